The van der Waals surface area contributed by atoms with E-state index in [2.05, 4.69) is 40.6 Å². The molecule has 5 nitrogen and oxygen atoms in total. The summed E-state index contributed by atoms with van der Waals surface area (Å²) in [5.41, 5.74) is 3.55. The second kappa shape index (κ2) is 5.07. The van der Waals surface area contributed by atoms with Crippen LogP contribution in [0.4, 0.5) is 0 Å². The predicted octanol–water partition coefficient (Wildman–Crippen LogP) is 3.69. The van der Waals surface area contributed by atoms with Gasteiger partial charge in [-0.2, -0.15) is 10.3 Å². The van der Waals surface area contributed by atoms with Crippen molar-refractivity contribution in [2.75, 3.05) is 6.54 Å². The molecule has 2 aliphatic rings. The number of nitriles is 1. The van der Waals surface area contributed by atoms with E-state index < -0.39 is 0 Å². The fourth-order valence-electron chi connectivity index (χ4n) is 5.12. The molecule has 5 heteroatoms. The summed E-state index contributed by atoms with van der Waals surface area (Å²) in [6.45, 7) is 8.07. The standard InChI is InChI=1S/C19H23N5/c1-18(2)7-14-8-19(3,9-18)10-24(14)17(21-11-20)13-4-5-15-16(6-13)23-12-22-15/h4-6,12,14H,7-10H2,1-3H3,(H,22,23). The van der Waals surface area contributed by atoms with Crippen LogP contribution in [0.2, 0.25) is 0 Å². The van der Waals surface area contributed by atoms with Crippen LogP contribution in [-0.2, 0) is 0 Å². The highest BCUT2D eigenvalue weighted by molar-refractivity contribution is 6.02. The van der Waals surface area contributed by atoms with Gasteiger partial charge in [0.25, 0.3) is 0 Å². The molecule has 2 atom stereocenters. The van der Waals surface area contributed by atoms with E-state index in [-0.39, 0.29) is 0 Å². The van der Waals surface area contributed by atoms with Crippen molar-refractivity contribution in [3.63, 3.8) is 0 Å². The predicted molar refractivity (Wildman–Crippen MR) is 94.5 cm³/mol. The highest BCUT2D eigenvalue weighted by Crippen LogP contribution is 2.52. The third-order valence-corrected chi connectivity index (χ3v) is 5.52. The zero-order valence-electron chi connectivity index (χ0n) is 14.5. The summed E-state index contributed by atoms with van der Waals surface area (Å²) in [5.74, 6) is 0.806. The SMILES string of the molecule is CC1(C)CC2CC(C)(CN2C(=NC#N)c2ccc3nc[nH]c3c2)C1. The molecule has 1 aromatic heterocycles. The highest BCUT2D eigenvalue weighted by atomic mass is 15.2. The van der Waals surface area contributed by atoms with Crippen LogP contribution in [0.3, 0.4) is 0 Å². The topological polar surface area (TPSA) is 68.1 Å². The summed E-state index contributed by atoms with van der Waals surface area (Å²) in [4.78, 5) is 14.0. The van der Waals surface area contributed by atoms with E-state index in [1.54, 1.807) is 6.33 Å². The zero-order valence-corrected chi connectivity index (χ0v) is 14.5. The maximum atomic E-state index is 9.25. The first-order chi connectivity index (χ1) is 11.4. The van der Waals surface area contributed by atoms with E-state index in [0.717, 1.165) is 35.4 Å². The van der Waals surface area contributed by atoms with Gasteiger partial charge < -0.3 is 9.88 Å². The van der Waals surface area contributed by atoms with E-state index in [9.17, 15) is 5.26 Å². The molecular formula is C19H23N5. The molecule has 0 radical (unpaired) electrons. The van der Waals surface area contributed by atoms with Gasteiger partial charge in [0, 0.05) is 18.2 Å². The van der Waals surface area contributed by atoms with Gasteiger partial charge in [-0.1, -0.05) is 20.8 Å². The van der Waals surface area contributed by atoms with E-state index in [1.165, 1.54) is 12.8 Å². The minimum atomic E-state index is 0.306. The molecule has 2 fully saturated rings. The Morgan fingerprint density at radius 3 is 3.00 bits per heavy atom. The summed E-state index contributed by atoms with van der Waals surface area (Å²) in [5, 5.41) is 9.25. The number of benzene rings is 1. The Morgan fingerprint density at radius 2 is 2.21 bits per heavy atom. The molecule has 1 aliphatic heterocycles. The van der Waals surface area contributed by atoms with E-state index in [0.29, 0.717) is 16.9 Å². The number of imidazole rings is 1. The lowest BCUT2D eigenvalue weighted by Crippen LogP contribution is -2.38. The first-order valence-electron chi connectivity index (χ1n) is 8.56. The molecule has 0 amide bonds. The molecule has 1 aliphatic carbocycles. The minimum absolute atomic E-state index is 0.306. The fourth-order valence-corrected chi connectivity index (χ4v) is 5.12. The van der Waals surface area contributed by atoms with Gasteiger partial charge in [-0.15, -0.1) is 0 Å². The molecule has 2 bridgehead atoms. The summed E-state index contributed by atoms with van der Waals surface area (Å²) in [7, 11) is 0. The number of aromatic amines is 1. The van der Waals surface area contributed by atoms with Crippen molar-refractivity contribution in [2.45, 2.75) is 46.1 Å². The number of aliphatic imine (C=N–C) groups is 1. The van der Waals surface area contributed by atoms with Gasteiger partial charge in [0.05, 0.1) is 17.4 Å². The van der Waals surface area contributed by atoms with Crippen molar-refractivity contribution in [1.82, 2.24) is 14.9 Å². The number of aromatic nitrogens is 2. The maximum Gasteiger partial charge on any atom is 0.207 e. The Balaban J connectivity index is 1.74. The number of fused-ring (bicyclic) bond motifs is 3. The molecule has 2 aromatic rings. The number of hydrogen-bond donors (Lipinski definition) is 1. The second-order valence-electron chi connectivity index (χ2n) is 8.51. The Kier molecular flexibility index (Phi) is 3.21. The largest absolute Gasteiger partial charge is 0.352 e. The Morgan fingerprint density at radius 1 is 1.38 bits per heavy atom. The molecule has 124 valence electrons. The smallest absolute Gasteiger partial charge is 0.207 e. The summed E-state index contributed by atoms with van der Waals surface area (Å²) in [6.07, 6.45) is 7.28. The number of rotatable bonds is 1. The van der Waals surface area contributed by atoms with Crippen LogP contribution in [-0.4, -0.2) is 33.3 Å². The number of H-pyrrole nitrogens is 1. The molecule has 24 heavy (non-hydrogen) atoms. The van der Waals surface area contributed by atoms with Crippen LogP contribution in [0, 0.1) is 22.3 Å². The monoisotopic (exact) mass is 321 g/mol. The van der Waals surface area contributed by atoms with E-state index >= 15 is 0 Å². The van der Waals surface area contributed by atoms with Gasteiger partial charge in [-0.05, 0) is 48.3 Å². The number of nitrogens with zero attached hydrogens (tertiary/aromatic N) is 4. The molecule has 4 rings (SSSR count). The third kappa shape index (κ3) is 2.47. The Labute approximate surface area is 142 Å². The number of hydrogen-bond acceptors (Lipinski definition) is 3. The van der Waals surface area contributed by atoms with Crippen LogP contribution in [0.5, 0.6) is 0 Å². The van der Waals surface area contributed by atoms with Crippen molar-refractivity contribution < 1.29 is 0 Å². The molecule has 2 heterocycles. The van der Waals surface area contributed by atoms with Gasteiger partial charge in [0.1, 0.15) is 5.84 Å². The lowest BCUT2D eigenvalue weighted by molar-refractivity contribution is 0.132. The first kappa shape index (κ1) is 15.2. The van der Waals surface area contributed by atoms with Gasteiger partial charge in [0.15, 0.2) is 0 Å². The normalized spacial score (nSPS) is 29.0. The molecule has 1 aromatic carbocycles. The molecular weight excluding hydrogens is 298 g/mol. The van der Waals surface area contributed by atoms with Crippen LogP contribution in [0.1, 0.15) is 45.6 Å². The van der Waals surface area contributed by atoms with Crippen molar-refractivity contribution in [3.8, 4) is 6.19 Å². The average Bonchev–Trinajstić information content (AvgIpc) is 3.05. The summed E-state index contributed by atoms with van der Waals surface area (Å²) >= 11 is 0. The maximum absolute atomic E-state index is 9.25. The van der Waals surface area contributed by atoms with Gasteiger partial charge in [-0.25, -0.2) is 4.98 Å². The van der Waals surface area contributed by atoms with Crippen LogP contribution in [0.25, 0.3) is 11.0 Å². The number of amidine groups is 1. The lowest BCUT2D eigenvalue weighted by atomic mass is 9.65. The van der Waals surface area contributed by atoms with Crippen molar-refractivity contribution in [3.05, 3.63) is 30.1 Å². The number of likely N-dealkylation sites (tertiary alicyclic amines) is 1. The van der Waals surface area contributed by atoms with Crippen molar-refractivity contribution >= 4 is 16.9 Å². The lowest BCUT2D eigenvalue weighted by Gasteiger charge is -2.39. The molecule has 1 saturated carbocycles. The quantitative estimate of drug-likeness (QED) is 0.495. The van der Waals surface area contributed by atoms with Crippen LogP contribution in [0.15, 0.2) is 29.5 Å². The van der Waals surface area contributed by atoms with Crippen LogP contribution < -0.4 is 0 Å². The van der Waals surface area contributed by atoms with Gasteiger partial charge in [-0.3, -0.25) is 0 Å². The molecule has 1 saturated heterocycles. The average molecular weight is 321 g/mol. The van der Waals surface area contributed by atoms with Gasteiger partial charge >= 0.3 is 0 Å². The third-order valence-electron chi connectivity index (χ3n) is 5.52. The first-order valence-corrected chi connectivity index (χ1v) is 8.56. The van der Waals surface area contributed by atoms with Crippen molar-refractivity contribution in [2.24, 2.45) is 15.8 Å². The Hall–Kier alpha value is -2.35. The Bertz CT molecular complexity index is 856. The van der Waals surface area contributed by atoms with Crippen LogP contribution >= 0.6 is 0 Å². The summed E-state index contributed by atoms with van der Waals surface area (Å²) in [6, 6.07) is 6.52. The van der Waals surface area contributed by atoms with Crippen molar-refractivity contribution in [1.29, 1.82) is 5.26 Å². The minimum Gasteiger partial charge on any atom is -0.352 e. The number of nitrogens with one attached hydrogen (secondary N) is 1. The zero-order chi connectivity index (χ0) is 16.9. The fraction of sp³-hybridized carbons (Fsp3) is 0.526. The summed E-state index contributed by atoms with van der Waals surface area (Å²) < 4.78 is 0. The van der Waals surface area contributed by atoms with Gasteiger partial charge in [0.2, 0.25) is 6.19 Å². The highest BCUT2D eigenvalue weighted by Gasteiger charge is 2.50. The molecule has 0 spiro atoms. The second-order valence-corrected chi connectivity index (χ2v) is 8.51. The van der Waals surface area contributed by atoms with E-state index in [1.807, 2.05) is 24.4 Å². The molecule has 1 N–H and O–H groups in total. The van der Waals surface area contributed by atoms with E-state index in [4.69, 9.17) is 0 Å². The molecule has 2 unspecified atom stereocenters.